The number of nitrogens with one attached hydrogen (secondary N) is 1. The van der Waals surface area contributed by atoms with Crippen molar-refractivity contribution in [2.75, 3.05) is 6.54 Å². The number of H-pyrrole nitrogens is 1. The summed E-state index contributed by atoms with van der Waals surface area (Å²) < 4.78 is 1.89. The third-order valence-electron chi connectivity index (χ3n) is 4.13. The molecule has 0 spiro atoms. The van der Waals surface area contributed by atoms with Gasteiger partial charge in [-0.3, -0.25) is 9.89 Å². The van der Waals surface area contributed by atoms with Crippen LogP contribution in [-0.2, 0) is 6.54 Å². The predicted molar refractivity (Wildman–Crippen MR) is 83.5 cm³/mol. The molecule has 1 amide bonds. The minimum Gasteiger partial charge on any atom is -0.327 e. The van der Waals surface area contributed by atoms with Crippen LogP contribution in [0, 0.1) is 0 Å². The number of carbonyl (C=O) groups excluding carboxylic acids is 1. The summed E-state index contributed by atoms with van der Waals surface area (Å²) in [7, 11) is 0. The maximum absolute atomic E-state index is 12.6. The summed E-state index contributed by atoms with van der Waals surface area (Å²) in [6.07, 6.45) is 3.16. The first-order chi connectivity index (χ1) is 11.2. The predicted octanol–water partition coefficient (Wildman–Crippen LogP) is 1.89. The molecule has 1 aromatic carbocycles. The third-order valence-corrected chi connectivity index (χ3v) is 4.13. The van der Waals surface area contributed by atoms with Gasteiger partial charge in [0.2, 0.25) is 0 Å². The molecule has 7 heteroatoms. The van der Waals surface area contributed by atoms with Gasteiger partial charge in [-0.2, -0.15) is 10.2 Å². The summed E-state index contributed by atoms with van der Waals surface area (Å²) in [6.45, 7) is 3.23. The van der Waals surface area contributed by atoms with Gasteiger partial charge in [0, 0.05) is 18.3 Å². The number of benzene rings is 1. The number of nitrogens with zero attached hydrogens (tertiary/aromatic N) is 5. The highest BCUT2D eigenvalue weighted by Gasteiger charge is 2.31. The molecular formula is C16H16N6O. The van der Waals surface area contributed by atoms with E-state index in [-0.39, 0.29) is 11.9 Å². The fourth-order valence-electron chi connectivity index (χ4n) is 2.88. The molecule has 2 aromatic heterocycles. The molecule has 0 radical (unpaired) electrons. The number of amides is 1. The van der Waals surface area contributed by atoms with Crippen LogP contribution in [0.4, 0.5) is 0 Å². The molecule has 1 aliphatic heterocycles. The second-order valence-electron chi connectivity index (χ2n) is 5.54. The second-order valence-corrected chi connectivity index (χ2v) is 5.54. The standard InChI is InChI=1S/C16H16N6O/c1-11-15-19-14(12-5-3-2-4-6-12)20-22(15)8-7-21(11)16(23)13-9-17-18-10-13/h2-6,9-11H,7-8H2,1H3,(H,17,18)/t11-/m0/s1. The van der Waals surface area contributed by atoms with Gasteiger partial charge >= 0.3 is 0 Å². The number of fused-ring (bicyclic) bond motifs is 1. The monoisotopic (exact) mass is 308 g/mol. The fourth-order valence-corrected chi connectivity index (χ4v) is 2.88. The van der Waals surface area contributed by atoms with Crippen molar-refractivity contribution in [3.05, 3.63) is 54.1 Å². The van der Waals surface area contributed by atoms with E-state index in [0.717, 1.165) is 11.4 Å². The molecule has 3 heterocycles. The zero-order chi connectivity index (χ0) is 15.8. The quantitative estimate of drug-likeness (QED) is 0.784. The minimum atomic E-state index is -0.129. The smallest absolute Gasteiger partial charge is 0.257 e. The van der Waals surface area contributed by atoms with Crippen LogP contribution in [0.1, 0.15) is 29.1 Å². The summed E-state index contributed by atoms with van der Waals surface area (Å²) in [5.74, 6) is 1.47. The Hall–Kier alpha value is -2.96. The van der Waals surface area contributed by atoms with Gasteiger partial charge < -0.3 is 4.90 Å². The topological polar surface area (TPSA) is 79.7 Å². The number of carbonyl (C=O) groups is 1. The number of rotatable bonds is 2. The van der Waals surface area contributed by atoms with Gasteiger partial charge in [-0.1, -0.05) is 30.3 Å². The van der Waals surface area contributed by atoms with Crippen LogP contribution in [0.3, 0.4) is 0 Å². The Morgan fingerprint density at radius 3 is 2.83 bits per heavy atom. The van der Waals surface area contributed by atoms with Crippen LogP contribution >= 0.6 is 0 Å². The summed E-state index contributed by atoms with van der Waals surface area (Å²) >= 11 is 0. The van der Waals surface area contributed by atoms with Crippen molar-refractivity contribution in [1.29, 1.82) is 0 Å². The van der Waals surface area contributed by atoms with E-state index in [1.165, 1.54) is 0 Å². The lowest BCUT2D eigenvalue weighted by atomic mass is 10.1. The summed E-state index contributed by atoms with van der Waals surface area (Å²) in [4.78, 5) is 19.0. The summed E-state index contributed by atoms with van der Waals surface area (Å²) in [5.41, 5.74) is 1.54. The normalized spacial score (nSPS) is 17.1. The van der Waals surface area contributed by atoms with Crippen LogP contribution in [0.15, 0.2) is 42.7 Å². The molecule has 3 aromatic rings. The maximum atomic E-state index is 12.6. The Morgan fingerprint density at radius 2 is 2.09 bits per heavy atom. The van der Waals surface area contributed by atoms with Crippen molar-refractivity contribution >= 4 is 5.91 Å². The van der Waals surface area contributed by atoms with Gasteiger partial charge in [-0.15, -0.1) is 0 Å². The lowest BCUT2D eigenvalue weighted by Gasteiger charge is -2.32. The van der Waals surface area contributed by atoms with Crippen molar-refractivity contribution < 1.29 is 4.79 Å². The molecule has 1 atom stereocenters. The van der Waals surface area contributed by atoms with Gasteiger partial charge in [-0.05, 0) is 6.92 Å². The van der Waals surface area contributed by atoms with Gasteiger partial charge in [0.15, 0.2) is 5.82 Å². The first kappa shape index (κ1) is 13.7. The molecule has 0 aliphatic carbocycles. The van der Waals surface area contributed by atoms with E-state index in [1.807, 2.05) is 46.8 Å². The van der Waals surface area contributed by atoms with Crippen molar-refractivity contribution in [3.8, 4) is 11.4 Å². The lowest BCUT2D eigenvalue weighted by Crippen LogP contribution is -2.41. The highest BCUT2D eigenvalue weighted by atomic mass is 16.2. The first-order valence-corrected chi connectivity index (χ1v) is 7.54. The highest BCUT2D eigenvalue weighted by molar-refractivity contribution is 5.94. The number of aromatic amines is 1. The number of aromatic nitrogens is 5. The van der Waals surface area contributed by atoms with Crippen molar-refractivity contribution in [2.24, 2.45) is 0 Å². The molecule has 0 saturated heterocycles. The third kappa shape index (κ3) is 2.30. The average molecular weight is 308 g/mol. The molecule has 0 unspecified atom stereocenters. The number of hydrogen-bond acceptors (Lipinski definition) is 4. The van der Waals surface area contributed by atoms with Crippen LogP contribution in [0.5, 0.6) is 0 Å². The van der Waals surface area contributed by atoms with E-state index in [2.05, 4.69) is 20.3 Å². The Balaban J connectivity index is 1.65. The minimum absolute atomic E-state index is 0.0400. The zero-order valence-electron chi connectivity index (χ0n) is 12.7. The van der Waals surface area contributed by atoms with Gasteiger partial charge in [-0.25, -0.2) is 9.67 Å². The zero-order valence-corrected chi connectivity index (χ0v) is 12.7. The summed E-state index contributed by atoms with van der Waals surface area (Å²) in [5, 5.41) is 11.1. The van der Waals surface area contributed by atoms with Crippen molar-refractivity contribution in [2.45, 2.75) is 19.5 Å². The molecule has 1 N–H and O–H groups in total. The molecule has 23 heavy (non-hydrogen) atoms. The van der Waals surface area contributed by atoms with E-state index in [4.69, 9.17) is 0 Å². The molecular weight excluding hydrogens is 292 g/mol. The first-order valence-electron chi connectivity index (χ1n) is 7.54. The van der Waals surface area contributed by atoms with E-state index < -0.39 is 0 Å². The van der Waals surface area contributed by atoms with Crippen LogP contribution in [-0.4, -0.2) is 42.3 Å². The average Bonchev–Trinajstić information content (AvgIpc) is 3.25. The number of hydrogen-bond donors (Lipinski definition) is 1. The Kier molecular flexibility index (Phi) is 3.18. The lowest BCUT2D eigenvalue weighted by molar-refractivity contribution is 0.0631. The molecule has 0 bridgehead atoms. The van der Waals surface area contributed by atoms with Gasteiger partial charge in [0.1, 0.15) is 5.82 Å². The SMILES string of the molecule is C[C@H]1c2nc(-c3ccccc3)nn2CCN1C(=O)c1cn[nH]c1. The maximum Gasteiger partial charge on any atom is 0.257 e. The summed E-state index contributed by atoms with van der Waals surface area (Å²) in [6, 6.07) is 9.74. The Labute approximate surface area is 133 Å². The van der Waals surface area contributed by atoms with E-state index in [0.29, 0.717) is 24.5 Å². The van der Waals surface area contributed by atoms with Crippen LogP contribution in [0.2, 0.25) is 0 Å². The van der Waals surface area contributed by atoms with Crippen molar-refractivity contribution in [1.82, 2.24) is 29.9 Å². The van der Waals surface area contributed by atoms with E-state index >= 15 is 0 Å². The highest BCUT2D eigenvalue weighted by Crippen LogP contribution is 2.27. The molecule has 1 aliphatic rings. The van der Waals surface area contributed by atoms with Gasteiger partial charge in [0.25, 0.3) is 5.91 Å². The molecule has 116 valence electrons. The Bertz CT molecular complexity index is 824. The van der Waals surface area contributed by atoms with Gasteiger partial charge in [0.05, 0.1) is 24.3 Å². The molecule has 7 nitrogen and oxygen atoms in total. The molecule has 0 saturated carbocycles. The largest absolute Gasteiger partial charge is 0.327 e. The fraction of sp³-hybridized carbons (Fsp3) is 0.250. The molecule has 0 fully saturated rings. The Morgan fingerprint density at radius 1 is 1.26 bits per heavy atom. The van der Waals surface area contributed by atoms with Crippen molar-refractivity contribution in [3.63, 3.8) is 0 Å². The molecule has 4 rings (SSSR count). The van der Waals surface area contributed by atoms with Crippen LogP contribution in [0.25, 0.3) is 11.4 Å². The van der Waals surface area contributed by atoms with E-state index in [9.17, 15) is 4.79 Å². The second kappa shape index (κ2) is 5.35. The van der Waals surface area contributed by atoms with Crippen LogP contribution < -0.4 is 0 Å². The van der Waals surface area contributed by atoms with E-state index in [1.54, 1.807) is 12.4 Å².